The van der Waals surface area contributed by atoms with E-state index in [1.807, 2.05) is 0 Å². The highest BCUT2D eigenvalue weighted by Gasteiger charge is 2.31. The summed E-state index contributed by atoms with van der Waals surface area (Å²) in [6.45, 7) is 3.78. The zero-order valence-electron chi connectivity index (χ0n) is 7.14. The minimum atomic E-state index is 0.0845. The molecule has 0 N–H and O–H groups in total. The number of hydrogen-bond donors (Lipinski definition) is 0. The molecule has 64 valence electrons. The summed E-state index contributed by atoms with van der Waals surface area (Å²) in [5.74, 6) is 0.899. The third-order valence-electron chi connectivity index (χ3n) is 2.62. The van der Waals surface area contributed by atoms with E-state index in [9.17, 15) is 4.79 Å². The largest absolute Gasteiger partial charge is 0.300 e. The van der Waals surface area contributed by atoms with Crippen molar-refractivity contribution in [3.05, 3.63) is 0 Å². The molecule has 0 aromatic carbocycles. The van der Waals surface area contributed by atoms with E-state index in [0.717, 1.165) is 12.8 Å². The SMILES string of the molecule is CC(=O)C1CCCC(C)C1Cl. The monoisotopic (exact) mass is 174 g/mol. The first-order valence-electron chi connectivity index (χ1n) is 4.27. The van der Waals surface area contributed by atoms with Gasteiger partial charge in [0.2, 0.25) is 0 Å². The summed E-state index contributed by atoms with van der Waals surface area (Å²) in [6, 6.07) is 0. The van der Waals surface area contributed by atoms with Crippen molar-refractivity contribution in [1.82, 2.24) is 0 Å². The number of rotatable bonds is 1. The molecule has 1 nitrogen and oxygen atoms in total. The van der Waals surface area contributed by atoms with Crippen molar-refractivity contribution in [2.45, 2.75) is 38.5 Å². The molecule has 3 atom stereocenters. The van der Waals surface area contributed by atoms with Crippen LogP contribution < -0.4 is 0 Å². The molecule has 0 aliphatic heterocycles. The third-order valence-corrected chi connectivity index (χ3v) is 3.36. The van der Waals surface area contributed by atoms with Crippen molar-refractivity contribution >= 4 is 17.4 Å². The molecule has 0 spiro atoms. The molecule has 2 heteroatoms. The van der Waals surface area contributed by atoms with Crippen LogP contribution in [0.3, 0.4) is 0 Å². The van der Waals surface area contributed by atoms with Gasteiger partial charge in [-0.2, -0.15) is 0 Å². The first kappa shape index (κ1) is 9.05. The number of carbonyl (C=O) groups excluding carboxylic acids is 1. The first-order valence-corrected chi connectivity index (χ1v) is 4.71. The summed E-state index contributed by atoms with van der Waals surface area (Å²) < 4.78 is 0. The van der Waals surface area contributed by atoms with Gasteiger partial charge < -0.3 is 0 Å². The van der Waals surface area contributed by atoms with E-state index < -0.39 is 0 Å². The molecule has 0 heterocycles. The molecule has 1 rings (SSSR count). The fourth-order valence-corrected chi connectivity index (χ4v) is 2.23. The van der Waals surface area contributed by atoms with Gasteiger partial charge in [0.15, 0.2) is 0 Å². The van der Waals surface area contributed by atoms with Crippen LogP contribution in [0.1, 0.15) is 33.1 Å². The van der Waals surface area contributed by atoms with E-state index in [2.05, 4.69) is 6.92 Å². The molecule has 1 aliphatic rings. The van der Waals surface area contributed by atoms with Gasteiger partial charge >= 0.3 is 0 Å². The number of hydrogen-bond acceptors (Lipinski definition) is 1. The summed E-state index contributed by atoms with van der Waals surface area (Å²) in [7, 11) is 0. The molecular formula is C9H15ClO. The highest BCUT2D eigenvalue weighted by atomic mass is 35.5. The van der Waals surface area contributed by atoms with Crippen molar-refractivity contribution < 1.29 is 4.79 Å². The van der Waals surface area contributed by atoms with Crippen LogP contribution in [0.5, 0.6) is 0 Å². The van der Waals surface area contributed by atoms with Crippen LogP contribution in [0.25, 0.3) is 0 Å². The summed E-state index contributed by atoms with van der Waals surface area (Å²) >= 11 is 6.11. The number of Topliss-reactive ketones (excluding diaryl/α,β-unsaturated/α-hetero) is 1. The van der Waals surface area contributed by atoms with Crippen molar-refractivity contribution in [2.24, 2.45) is 11.8 Å². The van der Waals surface area contributed by atoms with Crippen LogP contribution in [0, 0.1) is 11.8 Å². The first-order chi connectivity index (χ1) is 5.13. The van der Waals surface area contributed by atoms with Gasteiger partial charge in [-0.3, -0.25) is 4.79 Å². The van der Waals surface area contributed by atoms with Crippen molar-refractivity contribution in [2.75, 3.05) is 0 Å². The summed E-state index contributed by atoms with van der Waals surface area (Å²) in [5.41, 5.74) is 0. The molecule has 0 bridgehead atoms. The van der Waals surface area contributed by atoms with Crippen LogP contribution in [0.2, 0.25) is 0 Å². The Morgan fingerprint density at radius 1 is 1.45 bits per heavy atom. The predicted molar refractivity (Wildman–Crippen MR) is 46.8 cm³/mol. The van der Waals surface area contributed by atoms with E-state index in [4.69, 9.17) is 11.6 Å². The maximum absolute atomic E-state index is 11.1. The molecule has 0 amide bonds. The normalized spacial score (nSPS) is 38.6. The third kappa shape index (κ3) is 1.96. The fourth-order valence-electron chi connectivity index (χ4n) is 1.80. The molecule has 1 fully saturated rings. The number of alkyl halides is 1. The summed E-state index contributed by atoms with van der Waals surface area (Å²) in [6.07, 6.45) is 3.33. The maximum Gasteiger partial charge on any atom is 0.134 e. The number of halogens is 1. The lowest BCUT2D eigenvalue weighted by atomic mass is 9.80. The smallest absolute Gasteiger partial charge is 0.134 e. The van der Waals surface area contributed by atoms with Gasteiger partial charge in [0.25, 0.3) is 0 Å². The van der Waals surface area contributed by atoms with E-state index >= 15 is 0 Å². The topological polar surface area (TPSA) is 17.1 Å². The molecule has 1 saturated carbocycles. The highest BCUT2D eigenvalue weighted by Crippen LogP contribution is 2.33. The van der Waals surface area contributed by atoms with Crippen LogP contribution in [-0.2, 0) is 4.79 Å². The zero-order valence-corrected chi connectivity index (χ0v) is 7.90. The highest BCUT2D eigenvalue weighted by molar-refractivity contribution is 6.22. The lowest BCUT2D eigenvalue weighted by Crippen LogP contribution is -2.31. The summed E-state index contributed by atoms with van der Waals surface area (Å²) in [4.78, 5) is 11.1. The number of carbonyl (C=O) groups is 1. The number of ketones is 1. The van der Waals surface area contributed by atoms with E-state index in [0.29, 0.717) is 5.92 Å². The van der Waals surface area contributed by atoms with E-state index in [1.165, 1.54) is 6.42 Å². The molecule has 0 aromatic rings. The Morgan fingerprint density at radius 3 is 2.55 bits per heavy atom. The van der Waals surface area contributed by atoms with E-state index in [-0.39, 0.29) is 17.1 Å². The molecule has 0 radical (unpaired) electrons. The molecule has 1 aliphatic carbocycles. The van der Waals surface area contributed by atoms with Crippen molar-refractivity contribution in [1.29, 1.82) is 0 Å². The van der Waals surface area contributed by atoms with Gasteiger partial charge in [0, 0.05) is 11.3 Å². The fraction of sp³-hybridized carbons (Fsp3) is 0.889. The van der Waals surface area contributed by atoms with Crippen LogP contribution in [0.4, 0.5) is 0 Å². The van der Waals surface area contributed by atoms with Gasteiger partial charge in [0.05, 0.1) is 0 Å². The van der Waals surface area contributed by atoms with Gasteiger partial charge in [-0.15, -0.1) is 11.6 Å². The zero-order chi connectivity index (χ0) is 8.43. The second-order valence-electron chi connectivity index (χ2n) is 3.57. The molecule has 0 aromatic heterocycles. The average Bonchev–Trinajstić information content (AvgIpc) is 1.94. The Hall–Kier alpha value is -0.0400. The predicted octanol–water partition coefficient (Wildman–Crippen LogP) is 2.62. The maximum atomic E-state index is 11.1. The second-order valence-corrected chi connectivity index (χ2v) is 4.07. The molecular weight excluding hydrogens is 160 g/mol. The van der Waals surface area contributed by atoms with Crippen molar-refractivity contribution in [3.8, 4) is 0 Å². The average molecular weight is 175 g/mol. The minimum absolute atomic E-state index is 0.0845. The molecule has 3 unspecified atom stereocenters. The van der Waals surface area contributed by atoms with Crippen LogP contribution in [0.15, 0.2) is 0 Å². The van der Waals surface area contributed by atoms with Crippen LogP contribution in [-0.4, -0.2) is 11.2 Å². The minimum Gasteiger partial charge on any atom is -0.300 e. The summed E-state index contributed by atoms with van der Waals surface area (Å²) in [5, 5.41) is 0.0845. The Morgan fingerprint density at radius 2 is 2.09 bits per heavy atom. The lowest BCUT2D eigenvalue weighted by molar-refractivity contribution is -0.121. The Balaban J connectivity index is 2.58. The standard InChI is InChI=1S/C9H15ClO/c1-6-4-3-5-8(7(2)11)9(6)10/h6,8-9H,3-5H2,1-2H3. The van der Waals surface area contributed by atoms with Crippen LogP contribution >= 0.6 is 11.6 Å². The Kier molecular flexibility index (Phi) is 2.94. The van der Waals surface area contributed by atoms with Gasteiger partial charge in [-0.1, -0.05) is 13.3 Å². The Labute approximate surface area is 73.1 Å². The Bertz CT molecular complexity index is 156. The van der Waals surface area contributed by atoms with Gasteiger partial charge in [0.1, 0.15) is 5.78 Å². The van der Waals surface area contributed by atoms with Gasteiger partial charge in [-0.25, -0.2) is 0 Å². The lowest BCUT2D eigenvalue weighted by Gasteiger charge is -2.30. The molecule has 0 saturated heterocycles. The quantitative estimate of drug-likeness (QED) is 0.559. The van der Waals surface area contributed by atoms with E-state index in [1.54, 1.807) is 6.92 Å². The van der Waals surface area contributed by atoms with Crippen molar-refractivity contribution in [3.63, 3.8) is 0 Å². The second kappa shape index (κ2) is 3.57. The van der Waals surface area contributed by atoms with Gasteiger partial charge in [-0.05, 0) is 25.7 Å². The molecule has 11 heavy (non-hydrogen) atoms.